The molecule has 1 aromatic carbocycles. The summed E-state index contributed by atoms with van der Waals surface area (Å²) in [5.41, 5.74) is 3.42. The van der Waals surface area contributed by atoms with Crippen LogP contribution in [-0.4, -0.2) is 5.54 Å². The second-order valence-corrected chi connectivity index (χ2v) is 5.43. The van der Waals surface area contributed by atoms with Crippen LogP contribution >= 0.6 is 0 Å². The van der Waals surface area contributed by atoms with E-state index in [1.807, 2.05) is 0 Å². The highest BCUT2D eigenvalue weighted by Gasteiger charge is 2.36. The Kier molecular flexibility index (Phi) is 2.10. The summed E-state index contributed by atoms with van der Waals surface area (Å²) < 4.78 is 0. The number of rotatable bonds is 4. The van der Waals surface area contributed by atoms with E-state index in [1.165, 1.54) is 36.8 Å². The molecule has 2 aliphatic carbocycles. The van der Waals surface area contributed by atoms with Crippen LogP contribution in [0.4, 0.5) is 0 Å². The van der Waals surface area contributed by atoms with Gasteiger partial charge in [0.25, 0.3) is 0 Å². The van der Waals surface area contributed by atoms with Crippen molar-refractivity contribution in [2.45, 2.75) is 50.6 Å². The number of nitrogens with one attached hydrogen (secondary N) is 1. The third-order valence-corrected chi connectivity index (χ3v) is 3.75. The average Bonchev–Trinajstić information content (AvgIpc) is 3.12. The van der Waals surface area contributed by atoms with E-state index in [0.717, 1.165) is 12.5 Å². The lowest BCUT2D eigenvalue weighted by Gasteiger charge is -2.11. The van der Waals surface area contributed by atoms with Gasteiger partial charge in [-0.3, -0.25) is 0 Å². The largest absolute Gasteiger partial charge is 0.307 e. The molecule has 0 heterocycles. The Hall–Kier alpha value is -0.820. The molecule has 2 fully saturated rings. The van der Waals surface area contributed by atoms with Crippen molar-refractivity contribution < 1.29 is 0 Å². The number of benzene rings is 1. The Morgan fingerprint density at radius 3 is 2.40 bits per heavy atom. The second-order valence-electron chi connectivity index (χ2n) is 5.43. The van der Waals surface area contributed by atoms with Crippen molar-refractivity contribution in [3.8, 4) is 0 Å². The molecule has 1 N–H and O–H groups in total. The Morgan fingerprint density at radius 2 is 1.87 bits per heavy atom. The van der Waals surface area contributed by atoms with Gasteiger partial charge in [0.2, 0.25) is 0 Å². The smallest absolute Gasteiger partial charge is 0.0210 e. The highest BCUT2D eigenvalue weighted by atomic mass is 15.0. The van der Waals surface area contributed by atoms with Gasteiger partial charge >= 0.3 is 0 Å². The van der Waals surface area contributed by atoms with Crippen LogP contribution in [0.1, 0.15) is 49.7 Å². The molecule has 1 aromatic rings. The summed E-state index contributed by atoms with van der Waals surface area (Å²) in [6.07, 6.45) is 5.48. The van der Waals surface area contributed by atoms with Crippen molar-refractivity contribution in [1.82, 2.24) is 5.32 Å². The van der Waals surface area contributed by atoms with Gasteiger partial charge in [0.1, 0.15) is 0 Å². The Labute approximate surface area is 91.9 Å². The summed E-state index contributed by atoms with van der Waals surface area (Å²) in [4.78, 5) is 0. The van der Waals surface area contributed by atoms with Crippen molar-refractivity contribution in [3.05, 3.63) is 35.4 Å². The van der Waals surface area contributed by atoms with Crippen LogP contribution in [0.2, 0.25) is 0 Å². The molecule has 0 aromatic heterocycles. The molecular weight excluding hydrogens is 182 g/mol. The van der Waals surface area contributed by atoms with E-state index in [9.17, 15) is 0 Å². The predicted molar refractivity (Wildman–Crippen MR) is 62.9 cm³/mol. The lowest BCUT2D eigenvalue weighted by Crippen LogP contribution is -2.26. The Morgan fingerprint density at radius 1 is 1.20 bits per heavy atom. The molecule has 0 atom stereocenters. The lowest BCUT2D eigenvalue weighted by atomic mass is 10.1. The molecular formula is C14H19N. The zero-order chi connectivity index (χ0) is 10.3. The topological polar surface area (TPSA) is 12.0 Å². The van der Waals surface area contributed by atoms with Crippen molar-refractivity contribution in [3.63, 3.8) is 0 Å². The van der Waals surface area contributed by atoms with Crippen LogP contribution in [-0.2, 0) is 6.54 Å². The molecule has 0 unspecified atom stereocenters. The minimum absolute atomic E-state index is 0.454. The molecule has 15 heavy (non-hydrogen) atoms. The van der Waals surface area contributed by atoms with E-state index in [4.69, 9.17) is 0 Å². The summed E-state index contributed by atoms with van der Waals surface area (Å²) in [5, 5.41) is 3.61. The van der Waals surface area contributed by atoms with Gasteiger partial charge < -0.3 is 5.32 Å². The first-order chi connectivity index (χ1) is 7.25. The molecule has 0 saturated heterocycles. The minimum atomic E-state index is 0.454. The molecule has 0 aliphatic heterocycles. The molecule has 1 heteroatoms. The van der Waals surface area contributed by atoms with Gasteiger partial charge in [-0.2, -0.15) is 0 Å². The molecule has 3 rings (SSSR count). The van der Waals surface area contributed by atoms with Gasteiger partial charge in [0, 0.05) is 12.1 Å². The molecule has 80 valence electrons. The van der Waals surface area contributed by atoms with E-state index in [-0.39, 0.29) is 0 Å². The van der Waals surface area contributed by atoms with Crippen LogP contribution < -0.4 is 5.32 Å². The van der Waals surface area contributed by atoms with Crippen LogP contribution in [0.5, 0.6) is 0 Å². The van der Waals surface area contributed by atoms with Crippen molar-refractivity contribution in [1.29, 1.82) is 0 Å². The van der Waals surface area contributed by atoms with Gasteiger partial charge in [0.15, 0.2) is 0 Å². The molecule has 2 saturated carbocycles. The third-order valence-electron chi connectivity index (χ3n) is 3.75. The quantitative estimate of drug-likeness (QED) is 0.788. The van der Waals surface area contributed by atoms with Crippen molar-refractivity contribution in [2.24, 2.45) is 0 Å². The monoisotopic (exact) mass is 201 g/mol. The predicted octanol–water partition coefficient (Wildman–Crippen LogP) is 3.21. The van der Waals surface area contributed by atoms with Crippen molar-refractivity contribution in [2.75, 3.05) is 0 Å². The maximum absolute atomic E-state index is 3.61. The van der Waals surface area contributed by atoms with Gasteiger partial charge in [-0.25, -0.2) is 0 Å². The van der Waals surface area contributed by atoms with Crippen LogP contribution in [0.25, 0.3) is 0 Å². The fourth-order valence-corrected chi connectivity index (χ4v) is 2.00. The maximum atomic E-state index is 3.61. The van der Waals surface area contributed by atoms with Crippen LogP contribution in [0.15, 0.2) is 24.3 Å². The summed E-state index contributed by atoms with van der Waals surface area (Å²) in [5.74, 6) is 0.882. The van der Waals surface area contributed by atoms with Crippen LogP contribution in [0, 0.1) is 0 Å². The normalized spacial score (nSPS) is 22.7. The minimum Gasteiger partial charge on any atom is -0.307 e. The zero-order valence-corrected chi connectivity index (χ0v) is 9.42. The molecule has 1 nitrogen and oxygen atoms in total. The highest BCUT2D eigenvalue weighted by Crippen LogP contribution is 2.40. The van der Waals surface area contributed by atoms with E-state index in [2.05, 4.69) is 36.5 Å². The summed E-state index contributed by atoms with van der Waals surface area (Å²) in [7, 11) is 0. The van der Waals surface area contributed by atoms with E-state index >= 15 is 0 Å². The van der Waals surface area contributed by atoms with Crippen molar-refractivity contribution >= 4 is 0 Å². The molecule has 0 amide bonds. The molecule has 0 spiro atoms. The second kappa shape index (κ2) is 3.34. The fourth-order valence-electron chi connectivity index (χ4n) is 2.00. The lowest BCUT2D eigenvalue weighted by molar-refractivity contribution is 0.537. The van der Waals surface area contributed by atoms with Gasteiger partial charge in [-0.05, 0) is 49.7 Å². The summed E-state index contributed by atoms with van der Waals surface area (Å²) >= 11 is 0. The Bertz CT molecular complexity index is 344. The van der Waals surface area contributed by atoms with Crippen LogP contribution in [0.3, 0.4) is 0 Å². The van der Waals surface area contributed by atoms with E-state index in [0.29, 0.717) is 5.54 Å². The van der Waals surface area contributed by atoms with E-state index < -0.39 is 0 Å². The SMILES string of the molecule is CC1(NCc2ccc(C3CC3)cc2)CC1. The van der Waals surface area contributed by atoms with E-state index in [1.54, 1.807) is 0 Å². The molecule has 0 radical (unpaired) electrons. The third kappa shape index (κ3) is 2.23. The standard InChI is InChI=1S/C14H19N/c1-14(8-9-14)15-10-11-2-4-12(5-3-11)13-6-7-13/h2-5,13,15H,6-10H2,1H3. The van der Waals surface area contributed by atoms with Gasteiger partial charge in [-0.15, -0.1) is 0 Å². The Balaban J connectivity index is 1.60. The summed E-state index contributed by atoms with van der Waals surface area (Å²) in [6.45, 7) is 3.34. The fraction of sp³-hybridized carbons (Fsp3) is 0.571. The van der Waals surface area contributed by atoms with Gasteiger partial charge in [0.05, 0.1) is 0 Å². The average molecular weight is 201 g/mol. The number of hydrogen-bond acceptors (Lipinski definition) is 1. The number of hydrogen-bond donors (Lipinski definition) is 1. The zero-order valence-electron chi connectivity index (χ0n) is 9.42. The maximum Gasteiger partial charge on any atom is 0.0210 e. The first kappa shape index (κ1) is 9.41. The molecule has 0 bridgehead atoms. The first-order valence-corrected chi connectivity index (χ1v) is 6.09. The van der Waals surface area contributed by atoms with Gasteiger partial charge in [-0.1, -0.05) is 24.3 Å². The summed E-state index contributed by atoms with van der Waals surface area (Å²) in [6, 6.07) is 9.19. The highest BCUT2D eigenvalue weighted by molar-refractivity contribution is 5.28. The molecule has 2 aliphatic rings. The first-order valence-electron chi connectivity index (χ1n) is 6.09.